The maximum absolute atomic E-state index is 13.2. The number of carboxylic acid groups (broad SMARTS) is 5. The van der Waals surface area contributed by atoms with Crippen molar-refractivity contribution in [2.75, 3.05) is 85.1 Å². The van der Waals surface area contributed by atoms with E-state index in [9.17, 15) is 63.6 Å². The highest BCUT2D eigenvalue weighted by molar-refractivity contribution is 5.94. The van der Waals surface area contributed by atoms with Crippen molar-refractivity contribution in [1.29, 1.82) is 0 Å². The number of benzene rings is 1. The van der Waals surface area contributed by atoms with E-state index in [0.29, 0.717) is 70.8 Å². The number of amides is 3. The first-order chi connectivity index (χ1) is 27.9. The summed E-state index contributed by atoms with van der Waals surface area (Å²) in [6.07, 6.45) is 0.312. The van der Waals surface area contributed by atoms with Crippen molar-refractivity contribution in [2.24, 2.45) is 0 Å². The number of rotatable bonds is 24. The molecule has 2 unspecified atom stereocenters. The summed E-state index contributed by atoms with van der Waals surface area (Å²) in [5.74, 6) is -6.57. The van der Waals surface area contributed by atoms with Gasteiger partial charge in [0.25, 0.3) is 5.91 Å². The minimum atomic E-state index is -1.52. The molecule has 1 aliphatic heterocycles. The number of urea groups is 1. The Kier molecular flexibility index (Phi) is 22.3. The topological polar surface area (TPSA) is 304 Å². The SMILES string of the molecule is CC(=O)CN1CCN(CC(=O)O)CCN(CC(=O)CCc2ccc(C(=O)NCCCCC(NC(=O)NC(CCC(=O)O)C(=O)O)C(=O)O)cc2)CCN(CC(=O)O)CC1. The number of carbonyl (C=O) groups excluding carboxylic acids is 4. The van der Waals surface area contributed by atoms with Gasteiger partial charge in [0.15, 0.2) is 0 Å². The number of Topliss-reactive ketones (excluding diaryl/α,β-unsaturated/α-hetero) is 2. The lowest BCUT2D eigenvalue weighted by atomic mass is 10.0. The predicted octanol–water partition coefficient (Wildman–Crippen LogP) is -0.861. The van der Waals surface area contributed by atoms with Crippen molar-refractivity contribution in [3.8, 4) is 0 Å². The molecule has 328 valence electrons. The predicted molar refractivity (Wildman–Crippen MR) is 209 cm³/mol. The number of aryl methyl sites for hydroxylation is 1. The van der Waals surface area contributed by atoms with Crippen LogP contribution in [0.5, 0.6) is 0 Å². The van der Waals surface area contributed by atoms with Crippen molar-refractivity contribution in [3.63, 3.8) is 0 Å². The van der Waals surface area contributed by atoms with Gasteiger partial charge >= 0.3 is 35.9 Å². The van der Waals surface area contributed by atoms with Crippen LogP contribution >= 0.6 is 0 Å². The fraction of sp³-hybridized carbons (Fsp3) is 0.605. The number of carboxylic acids is 5. The number of aliphatic carboxylic acids is 5. The van der Waals surface area contributed by atoms with Crippen LogP contribution in [0, 0.1) is 0 Å². The first-order valence-corrected chi connectivity index (χ1v) is 19.4. The zero-order valence-electron chi connectivity index (χ0n) is 33.3. The smallest absolute Gasteiger partial charge is 0.326 e. The summed E-state index contributed by atoms with van der Waals surface area (Å²) in [5, 5.41) is 53.3. The van der Waals surface area contributed by atoms with Crippen LogP contribution in [0.25, 0.3) is 0 Å². The van der Waals surface area contributed by atoms with Crippen LogP contribution in [-0.4, -0.2) is 196 Å². The normalized spacial score (nSPS) is 16.0. The number of ketones is 2. The molecule has 1 aromatic rings. The van der Waals surface area contributed by atoms with E-state index in [1.807, 2.05) is 9.80 Å². The van der Waals surface area contributed by atoms with E-state index >= 15 is 0 Å². The van der Waals surface area contributed by atoms with Crippen LogP contribution in [0.3, 0.4) is 0 Å². The second kappa shape index (κ2) is 26.5. The van der Waals surface area contributed by atoms with Crippen LogP contribution in [-0.2, 0) is 40.0 Å². The largest absolute Gasteiger partial charge is 0.481 e. The summed E-state index contributed by atoms with van der Waals surface area (Å²) in [4.78, 5) is 114. The molecule has 0 radical (unpaired) electrons. The van der Waals surface area contributed by atoms with Gasteiger partial charge in [0.2, 0.25) is 0 Å². The van der Waals surface area contributed by atoms with E-state index < -0.39 is 54.4 Å². The Morgan fingerprint density at radius 1 is 0.576 bits per heavy atom. The standard InChI is InChI=1S/C38H57N7O14/c1-26(46)22-42-14-18-44(24-33(50)51)20-16-43(17-21-45(19-15-42)25-34(52)53)23-29(47)10-7-27-5-8-28(9-6-27)35(54)39-13-3-2-4-30(36(55)56)40-38(59)41-31(37(57)58)11-12-32(48)49/h5-6,8-9,30-31H,2-4,7,10-25H2,1H3,(H,39,54)(H,48,49)(H,50,51)(H,52,53)(H,55,56)(H,57,58)(H2,40,41,59). The maximum Gasteiger partial charge on any atom is 0.326 e. The van der Waals surface area contributed by atoms with Gasteiger partial charge in [0.1, 0.15) is 23.7 Å². The Hall–Kier alpha value is -5.51. The molecule has 0 aromatic heterocycles. The van der Waals surface area contributed by atoms with Crippen LogP contribution in [0.4, 0.5) is 4.79 Å². The summed E-state index contributed by atoms with van der Waals surface area (Å²) in [6.45, 7) is 4.54. The Labute approximate surface area is 341 Å². The van der Waals surface area contributed by atoms with Crippen LogP contribution < -0.4 is 16.0 Å². The molecule has 2 atom stereocenters. The molecule has 0 saturated carbocycles. The molecule has 3 amide bonds. The van der Waals surface area contributed by atoms with Crippen LogP contribution in [0.15, 0.2) is 24.3 Å². The van der Waals surface area contributed by atoms with Gasteiger partial charge in [-0.3, -0.25) is 48.4 Å². The second-order valence-electron chi connectivity index (χ2n) is 14.4. The average Bonchev–Trinajstić information content (AvgIpc) is 3.15. The van der Waals surface area contributed by atoms with Gasteiger partial charge in [0, 0.05) is 77.3 Å². The molecule has 0 aliphatic carbocycles. The fourth-order valence-electron chi connectivity index (χ4n) is 6.26. The van der Waals surface area contributed by atoms with E-state index in [4.69, 9.17) is 5.11 Å². The van der Waals surface area contributed by atoms with E-state index in [1.54, 1.807) is 34.1 Å². The number of hydrogen-bond acceptors (Lipinski definition) is 13. The lowest BCUT2D eigenvalue weighted by molar-refractivity contribution is -0.141. The molecule has 0 spiro atoms. The number of nitrogens with zero attached hydrogens (tertiary/aromatic N) is 4. The first-order valence-electron chi connectivity index (χ1n) is 19.4. The second-order valence-corrected chi connectivity index (χ2v) is 14.4. The van der Waals surface area contributed by atoms with Crippen molar-refractivity contribution in [2.45, 2.75) is 64.0 Å². The Morgan fingerprint density at radius 3 is 1.47 bits per heavy atom. The molecule has 21 nitrogen and oxygen atoms in total. The molecule has 0 bridgehead atoms. The first kappa shape index (κ1) is 49.6. The number of unbranched alkanes of at least 4 members (excludes halogenated alkanes) is 1. The van der Waals surface area contributed by atoms with Crippen molar-refractivity contribution < 1.29 is 68.7 Å². The zero-order valence-corrected chi connectivity index (χ0v) is 33.3. The molecular formula is C38H57N7O14. The van der Waals surface area contributed by atoms with Gasteiger partial charge in [-0.1, -0.05) is 12.1 Å². The summed E-state index contributed by atoms with van der Waals surface area (Å²) in [6, 6.07) is 2.73. The van der Waals surface area contributed by atoms with E-state index in [1.165, 1.54) is 6.92 Å². The van der Waals surface area contributed by atoms with Crippen molar-refractivity contribution in [3.05, 3.63) is 35.4 Å². The van der Waals surface area contributed by atoms with Gasteiger partial charge in [-0.2, -0.15) is 0 Å². The average molecular weight is 836 g/mol. The molecule has 59 heavy (non-hydrogen) atoms. The highest BCUT2D eigenvalue weighted by Gasteiger charge is 2.25. The van der Waals surface area contributed by atoms with Gasteiger partial charge in [-0.25, -0.2) is 14.4 Å². The monoisotopic (exact) mass is 835 g/mol. The summed E-state index contributed by atoms with van der Waals surface area (Å²) in [7, 11) is 0. The minimum absolute atomic E-state index is 0.0228. The molecule has 21 heteroatoms. The summed E-state index contributed by atoms with van der Waals surface area (Å²) < 4.78 is 0. The zero-order chi connectivity index (χ0) is 43.9. The number of carbonyl (C=O) groups is 9. The van der Waals surface area contributed by atoms with E-state index in [2.05, 4.69) is 16.0 Å². The molecule has 2 rings (SSSR count). The maximum atomic E-state index is 13.2. The lowest BCUT2D eigenvalue weighted by Gasteiger charge is -2.33. The third-order valence-corrected chi connectivity index (χ3v) is 9.46. The Morgan fingerprint density at radius 2 is 1.03 bits per heavy atom. The molecule has 1 aliphatic rings. The molecule has 1 saturated heterocycles. The number of hydrogen-bond donors (Lipinski definition) is 8. The highest BCUT2D eigenvalue weighted by Crippen LogP contribution is 2.10. The summed E-state index contributed by atoms with van der Waals surface area (Å²) >= 11 is 0. The molecule has 1 aromatic carbocycles. The third-order valence-electron chi connectivity index (χ3n) is 9.46. The van der Waals surface area contributed by atoms with E-state index in [0.717, 1.165) is 5.56 Å². The number of nitrogens with one attached hydrogen (secondary N) is 3. The lowest BCUT2D eigenvalue weighted by Crippen LogP contribution is -2.51. The Balaban J connectivity index is 1.86. The molecular weight excluding hydrogens is 778 g/mol. The van der Waals surface area contributed by atoms with Gasteiger partial charge < -0.3 is 41.5 Å². The minimum Gasteiger partial charge on any atom is -0.481 e. The molecule has 1 fully saturated rings. The molecule has 8 N–H and O–H groups in total. The van der Waals surface area contributed by atoms with E-state index in [-0.39, 0.29) is 75.9 Å². The fourth-order valence-corrected chi connectivity index (χ4v) is 6.26. The summed E-state index contributed by atoms with van der Waals surface area (Å²) in [5.41, 5.74) is 1.17. The van der Waals surface area contributed by atoms with Crippen LogP contribution in [0.1, 0.15) is 61.4 Å². The Bertz CT molecular complexity index is 1580. The quantitative estimate of drug-likeness (QED) is 0.0588. The third kappa shape index (κ3) is 21.7. The highest BCUT2D eigenvalue weighted by atomic mass is 16.4. The van der Waals surface area contributed by atoms with Crippen LogP contribution in [0.2, 0.25) is 0 Å². The molecule has 1 heterocycles. The van der Waals surface area contributed by atoms with Gasteiger partial charge in [-0.15, -0.1) is 0 Å². The van der Waals surface area contributed by atoms with Crippen molar-refractivity contribution >= 4 is 53.4 Å². The van der Waals surface area contributed by atoms with Gasteiger partial charge in [0.05, 0.1) is 26.2 Å². The van der Waals surface area contributed by atoms with Crippen molar-refractivity contribution in [1.82, 2.24) is 35.6 Å². The van der Waals surface area contributed by atoms with Gasteiger partial charge in [-0.05, 0) is 56.7 Å².